The molecule has 1 aromatic rings. The summed E-state index contributed by atoms with van der Waals surface area (Å²) in [5.74, 6) is 5.02. The maximum Gasteiger partial charge on any atom is 0.277 e. The quantitative estimate of drug-likeness (QED) is 0.480. The largest absolute Gasteiger partial charge is 0.346 e. The topological polar surface area (TPSA) is 74.5 Å². The highest BCUT2D eigenvalue weighted by molar-refractivity contribution is 7.17. The van der Waals surface area contributed by atoms with Crippen molar-refractivity contribution in [2.45, 2.75) is 26.2 Å². The van der Waals surface area contributed by atoms with Crippen LogP contribution in [0, 0.1) is 0 Å². The number of amides is 1. The third kappa shape index (κ3) is 3.11. The Morgan fingerprint density at radius 3 is 2.40 bits per heavy atom. The molecule has 2 heterocycles. The van der Waals surface area contributed by atoms with Crippen LogP contribution in [0.25, 0.3) is 0 Å². The second kappa shape index (κ2) is 5.67. The number of piperazine rings is 1. The van der Waals surface area contributed by atoms with E-state index < -0.39 is 0 Å². The Morgan fingerprint density at radius 2 is 1.90 bits per heavy atom. The fraction of sp³-hybridized carbons (Fsp3) is 0.692. The lowest BCUT2D eigenvalue weighted by atomic mass is 9.91. The number of anilines is 1. The summed E-state index contributed by atoms with van der Waals surface area (Å²) in [5, 5.41) is 0.918. The molecule has 1 amide bonds. The first kappa shape index (κ1) is 15.2. The van der Waals surface area contributed by atoms with Crippen LogP contribution in [0.1, 0.15) is 36.1 Å². The second-order valence-corrected chi connectivity index (χ2v) is 7.17. The van der Waals surface area contributed by atoms with E-state index >= 15 is 0 Å². The molecule has 2 rings (SSSR count). The van der Waals surface area contributed by atoms with Gasteiger partial charge in [-0.3, -0.25) is 10.2 Å². The molecule has 1 saturated heterocycles. The van der Waals surface area contributed by atoms with Crippen LogP contribution < -0.4 is 16.2 Å². The molecule has 0 bridgehead atoms. The van der Waals surface area contributed by atoms with Gasteiger partial charge in [0, 0.05) is 31.6 Å². The van der Waals surface area contributed by atoms with Crippen molar-refractivity contribution in [2.75, 3.05) is 38.1 Å². The molecule has 1 aliphatic rings. The summed E-state index contributed by atoms with van der Waals surface area (Å²) < 4.78 is 0. The number of nitrogen functional groups attached to an aromatic ring is 1. The molecule has 20 heavy (non-hydrogen) atoms. The molecule has 6 nitrogen and oxygen atoms in total. The zero-order valence-electron chi connectivity index (χ0n) is 12.6. The van der Waals surface area contributed by atoms with E-state index in [9.17, 15) is 4.79 Å². The lowest BCUT2D eigenvalue weighted by Crippen LogP contribution is -2.44. The number of nitrogens with one attached hydrogen (secondary N) is 1. The van der Waals surface area contributed by atoms with E-state index in [0.717, 1.165) is 37.0 Å². The third-order valence-corrected chi connectivity index (χ3v) is 4.55. The van der Waals surface area contributed by atoms with E-state index in [2.05, 4.69) is 43.0 Å². The predicted octanol–water partition coefficient (Wildman–Crippen LogP) is 0.796. The van der Waals surface area contributed by atoms with E-state index in [-0.39, 0.29) is 11.3 Å². The Kier molecular flexibility index (Phi) is 4.31. The van der Waals surface area contributed by atoms with Crippen molar-refractivity contribution in [1.82, 2.24) is 15.3 Å². The second-order valence-electron chi connectivity index (χ2n) is 6.19. The fourth-order valence-corrected chi connectivity index (χ4v) is 3.40. The monoisotopic (exact) mass is 297 g/mol. The van der Waals surface area contributed by atoms with Gasteiger partial charge in [0.05, 0.1) is 5.69 Å². The average Bonchev–Trinajstić information content (AvgIpc) is 2.83. The predicted molar refractivity (Wildman–Crippen MR) is 82.2 cm³/mol. The number of carbonyl (C=O) groups is 1. The number of hydrogen-bond acceptors (Lipinski definition) is 6. The van der Waals surface area contributed by atoms with Gasteiger partial charge in [-0.1, -0.05) is 32.1 Å². The van der Waals surface area contributed by atoms with Crippen molar-refractivity contribution in [3.63, 3.8) is 0 Å². The van der Waals surface area contributed by atoms with Crippen LogP contribution >= 0.6 is 11.3 Å². The van der Waals surface area contributed by atoms with E-state index in [1.54, 1.807) is 0 Å². The standard InChI is InChI=1S/C13H23N5OS/c1-13(2,3)10-9(11(19)16-14)20-12(15-10)18-7-5-17(4)6-8-18/h5-8,14H2,1-4H3,(H,16,19). The molecular weight excluding hydrogens is 274 g/mol. The molecule has 0 unspecified atom stereocenters. The van der Waals surface area contributed by atoms with Gasteiger partial charge < -0.3 is 9.80 Å². The molecule has 1 aliphatic heterocycles. The molecular formula is C13H23N5OS. The lowest BCUT2D eigenvalue weighted by Gasteiger charge is -2.32. The summed E-state index contributed by atoms with van der Waals surface area (Å²) in [4.78, 5) is 21.8. The van der Waals surface area contributed by atoms with Gasteiger partial charge >= 0.3 is 0 Å². The van der Waals surface area contributed by atoms with Gasteiger partial charge in [-0.15, -0.1) is 0 Å². The number of hydrogen-bond donors (Lipinski definition) is 2. The summed E-state index contributed by atoms with van der Waals surface area (Å²) in [6.45, 7) is 10.1. The van der Waals surface area contributed by atoms with Crippen molar-refractivity contribution in [3.05, 3.63) is 10.6 Å². The van der Waals surface area contributed by atoms with Crippen LogP contribution in [0.4, 0.5) is 5.13 Å². The van der Waals surface area contributed by atoms with Crippen molar-refractivity contribution in [3.8, 4) is 0 Å². The van der Waals surface area contributed by atoms with E-state index in [1.807, 2.05) is 0 Å². The number of aromatic nitrogens is 1. The molecule has 1 aromatic heterocycles. The van der Waals surface area contributed by atoms with Gasteiger partial charge in [-0.05, 0) is 7.05 Å². The number of carbonyl (C=O) groups excluding carboxylic acids is 1. The van der Waals surface area contributed by atoms with Crippen molar-refractivity contribution >= 4 is 22.4 Å². The summed E-state index contributed by atoms with van der Waals surface area (Å²) in [7, 11) is 2.12. The summed E-state index contributed by atoms with van der Waals surface area (Å²) >= 11 is 1.43. The minimum atomic E-state index is -0.257. The van der Waals surface area contributed by atoms with E-state index in [4.69, 9.17) is 10.8 Å². The first-order chi connectivity index (χ1) is 9.32. The van der Waals surface area contributed by atoms with E-state index in [1.165, 1.54) is 11.3 Å². The van der Waals surface area contributed by atoms with Crippen LogP contribution in [-0.4, -0.2) is 49.0 Å². The van der Waals surface area contributed by atoms with Crippen molar-refractivity contribution < 1.29 is 4.79 Å². The summed E-state index contributed by atoms with van der Waals surface area (Å²) in [5.41, 5.74) is 2.86. The third-order valence-electron chi connectivity index (χ3n) is 3.44. The summed E-state index contributed by atoms with van der Waals surface area (Å²) in [6.07, 6.45) is 0. The minimum Gasteiger partial charge on any atom is -0.346 e. The lowest BCUT2D eigenvalue weighted by molar-refractivity contribution is 0.0955. The smallest absolute Gasteiger partial charge is 0.277 e. The molecule has 3 N–H and O–H groups in total. The number of nitrogens with zero attached hydrogens (tertiary/aromatic N) is 3. The maximum absolute atomic E-state index is 11.9. The highest BCUT2D eigenvalue weighted by atomic mass is 32.1. The zero-order chi connectivity index (χ0) is 14.9. The Morgan fingerprint density at radius 1 is 1.30 bits per heavy atom. The number of likely N-dealkylation sites (N-methyl/N-ethyl adjacent to an activating group) is 1. The highest BCUT2D eigenvalue weighted by Crippen LogP contribution is 2.34. The molecule has 112 valence electrons. The van der Waals surface area contributed by atoms with Crippen LogP contribution in [0.15, 0.2) is 0 Å². The van der Waals surface area contributed by atoms with Crippen LogP contribution in [0.2, 0.25) is 0 Å². The molecule has 7 heteroatoms. The van der Waals surface area contributed by atoms with E-state index in [0.29, 0.717) is 4.88 Å². The zero-order valence-corrected chi connectivity index (χ0v) is 13.4. The Bertz CT molecular complexity index is 485. The van der Waals surface area contributed by atoms with Gasteiger partial charge in [-0.2, -0.15) is 0 Å². The number of rotatable bonds is 2. The Hall–Kier alpha value is -1.18. The van der Waals surface area contributed by atoms with Gasteiger partial charge in [0.2, 0.25) is 0 Å². The number of thiazole rings is 1. The summed E-state index contributed by atoms with van der Waals surface area (Å²) in [6, 6.07) is 0. The normalized spacial score (nSPS) is 17.4. The first-order valence-corrected chi connectivity index (χ1v) is 7.60. The number of hydrazine groups is 1. The molecule has 0 aliphatic carbocycles. The average molecular weight is 297 g/mol. The SMILES string of the molecule is CN1CCN(c2nc(C(C)(C)C)c(C(=O)NN)s2)CC1. The van der Waals surface area contributed by atoms with Crippen molar-refractivity contribution in [1.29, 1.82) is 0 Å². The van der Waals surface area contributed by atoms with Crippen LogP contribution in [0.3, 0.4) is 0 Å². The highest BCUT2D eigenvalue weighted by Gasteiger charge is 2.29. The van der Waals surface area contributed by atoms with Gasteiger partial charge in [0.15, 0.2) is 5.13 Å². The van der Waals surface area contributed by atoms with Gasteiger partial charge in [0.25, 0.3) is 5.91 Å². The minimum absolute atomic E-state index is 0.177. The van der Waals surface area contributed by atoms with Gasteiger partial charge in [-0.25, -0.2) is 10.8 Å². The van der Waals surface area contributed by atoms with Crippen LogP contribution in [-0.2, 0) is 5.41 Å². The Labute approximate surface area is 123 Å². The molecule has 0 atom stereocenters. The first-order valence-electron chi connectivity index (χ1n) is 6.78. The van der Waals surface area contributed by atoms with Crippen LogP contribution in [0.5, 0.6) is 0 Å². The molecule has 0 aromatic carbocycles. The maximum atomic E-state index is 11.9. The molecule has 0 spiro atoms. The molecule has 1 fully saturated rings. The number of nitrogens with two attached hydrogens (primary N) is 1. The molecule has 0 radical (unpaired) electrons. The Balaban J connectivity index is 2.31. The fourth-order valence-electron chi connectivity index (χ4n) is 2.17. The van der Waals surface area contributed by atoms with Gasteiger partial charge in [0.1, 0.15) is 4.88 Å². The van der Waals surface area contributed by atoms with Crippen molar-refractivity contribution in [2.24, 2.45) is 5.84 Å². The molecule has 0 saturated carbocycles.